The molecule has 2 aromatic rings. The number of halogens is 1. The molecule has 0 radical (unpaired) electrons. The molecule has 0 bridgehead atoms. The van der Waals surface area contributed by atoms with Crippen molar-refractivity contribution in [2.75, 3.05) is 5.32 Å². The van der Waals surface area contributed by atoms with Crippen LogP contribution in [0.4, 0.5) is 11.4 Å². The van der Waals surface area contributed by atoms with Crippen LogP contribution in [0, 0.1) is 17.0 Å². The number of nitrogens with zero attached hydrogens (tertiary/aromatic N) is 2. The third kappa shape index (κ3) is 3.51. The van der Waals surface area contributed by atoms with E-state index in [9.17, 15) is 10.1 Å². The van der Waals surface area contributed by atoms with Crippen molar-refractivity contribution in [3.8, 4) is 0 Å². The van der Waals surface area contributed by atoms with Gasteiger partial charge in [-0.1, -0.05) is 12.1 Å². The minimum absolute atomic E-state index is 0.0790. The summed E-state index contributed by atoms with van der Waals surface area (Å²) in [4.78, 5) is 14.6. The Bertz CT molecular complexity index is 617. The van der Waals surface area contributed by atoms with Crippen LogP contribution < -0.4 is 5.32 Å². The number of aryl methyl sites for hydroxylation is 1. The van der Waals surface area contributed by atoms with Gasteiger partial charge in [-0.3, -0.25) is 10.1 Å². The van der Waals surface area contributed by atoms with Crippen molar-refractivity contribution >= 4 is 27.3 Å². The molecule has 1 aromatic heterocycles. The Morgan fingerprint density at radius 1 is 1.37 bits per heavy atom. The van der Waals surface area contributed by atoms with Gasteiger partial charge in [-0.25, -0.2) is 4.98 Å². The van der Waals surface area contributed by atoms with E-state index in [4.69, 9.17) is 0 Å². The minimum Gasteiger partial charge on any atom is -0.379 e. The van der Waals surface area contributed by atoms with Crippen LogP contribution in [0.3, 0.4) is 0 Å². The molecule has 0 saturated heterocycles. The molecule has 1 aromatic carbocycles. The van der Waals surface area contributed by atoms with Crippen LogP contribution in [-0.2, 0) is 6.54 Å². The zero-order valence-corrected chi connectivity index (χ0v) is 11.8. The molecule has 0 aliphatic carbocycles. The second kappa shape index (κ2) is 5.79. The normalized spacial score (nSPS) is 10.2. The Balaban J connectivity index is 2.15. The number of anilines is 1. The Morgan fingerprint density at radius 2 is 2.16 bits per heavy atom. The lowest BCUT2D eigenvalue weighted by Crippen LogP contribution is -2.03. The van der Waals surface area contributed by atoms with Crippen LogP contribution >= 0.6 is 15.9 Å². The minimum atomic E-state index is -0.401. The zero-order chi connectivity index (χ0) is 13.8. The van der Waals surface area contributed by atoms with E-state index in [0.717, 1.165) is 21.5 Å². The first-order valence-corrected chi connectivity index (χ1v) is 6.46. The molecule has 2 rings (SSSR count). The second-order valence-corrected chi connectivity index (χ2v) is 4.87. The van der Waals surface area contributed by atoms with Gasteiger partial charge in [-0.15, -0.1) is 0 Å². The van der Waals surface area contributed by atoms with E-state index in [1.807, 2.05) is 25.1 Å². The van der Waals surface area contributed by atoms with Gasteiger partial charge in [0, 0.05) is 17.8 Å². The first-order valence-electron chi connectivity index (χ1n) is 5.66. The maximum atomic E-state index is 10.7. The lowest BCUT2D eigenvalue weighted by Gasteiger charge is -2.09. The van der Waals surface area contributed by atoms with E-state index in [-0.39, 0.29) is 5.69 Å². The predicted octanol–water partition coefficient (Wildman–Crippen LogP) is 3.67. The molecule has 0 aliphatic rings. The second-order valence-electron chi connectivity index (χ2n) is 4.06. The molecule has 6 heteroatoms. The summed E-state index contributed by atoms with van der Waals surface area (Å²) >= 11 is 3.31. The predicted molar refractivity (Wildman–Crippen MR) is 77.1 cm³/mol. The molecule has 5 nitrogen and oxygen atoms in total. The van der Waals surface area contributed by atoms with E-state index in [1.54, 1.807) is 6.07 Å². The molecule has 1 N–H and O–H groups in total. The van der Waals surface area contributed by atoms with Crippen LogP contribution in [0.25, 0.3) is 0 Å². The third-order valence-corrected chi connectivity index (χ3v) is 3.11. The van der Waals surface area contributed by atoms with Crippen molar-refractivity contribution in [2.24, 2.45) is 0 Å². The molecule has 1 heterocycles. The fraction of sp³-hybridized carbons (Fsp3) is 0.154. The molecule has 0 saturated carbocycles. The van der Waals surface area contributed by atoms with Gasteiger partial charge in [-0.05, 0) is 40.5 Å². The van der Waals surface area contributed by atoms with Crippen LogP contribution in [0.2, 0.25) is 0 Å². The van der Waals surface area contributed by atoms with Gasteiger partial charge in [-0.2, -0.15) is 0 Å². The van der Waals surface area contributed by atoms with Crippen molar-refractivity contribution in [3.05, 3.63) is 62.4 Å². The van der Waals surface area contributed by atoms with E-state index in [2.05, 4.69) is 26.2 Å². The molecule has 19 heavy (non-hydrogen) atoms. The summed E-state index contributed by atoms with van der Waals surface area (Å²) in [7, 11) is 0. The fourth-order valence-electron chi connectivity index (χ4n) is 1.65. The maximum absolute atomic E-state index is 10.7. The van der Waals surface area contributed by atoms with Gasteiger partial charge in [0.1, 0.15) is 4.60 Å². The Labute approximate surface area is 119 Å². The maximum Gasteiger partial charge on any atom is 0.271 e. The Kier molecular flexibility index (Phi) is 4.11. The van der Waals surface area contributed by atoms with Crippen molar-refractivity contribution in [1.82, 2.24) is 4.98 Å². The summed E-state index contributed by atoms with van der Waals surface area (Å²) in [6.07, 6.45) is 0. The highest BCUT2D eigenvalue weighted by Gasteiger charge is 2.08. The van der Waals surface area contributed by atoms with Crippen LogP contribution in [-0.4, -0.2) is 9.91 Å². The molecular weight excluding hydrogens is 310 g/mol. The number of aromatic nitrogens is 1. The highest BCUT2D eigenvalue weighted by Crippen LogP contribution is 2.22. The van der Waals surface area contributed by atoms with Crippen molar-refractivity contribution in [2.45, 2.75) is 13.5 Å². The van der Waals surface area contributed by atoms with Crippen LogP contribution in [0.5, 0.6) is 0 Å². The standard InChI is InChI=1S/C13H12BrN3O2/c1-9-5-6-11(17(18)19)7-12(9)15-8-10-3-2-4-13(14)16-10/h2-7,15H,8H2,1H3. The smallest absolute Gasteiger partial charge is 0.271 e. The molecular formula is C13H12BrN3O2. The highest BCUT2D eigenvalue weighted by molar-refractivity contribution is 9.10. The topological polar surface area (TPSA) is 68.1 Å². The van der Waals surface area contributed by atoms with Crippen molar-refractivity contribution < 1.29 is 4.92 Å². The Hall–Kier alpha value is -1.95. The first-order chi connectivity index (χ1) is 9.06. The van der Waals surface area contributed by atoms with Crippen molar-refractivity contribution in [1.29, 1.82) is 0 Å². The number of rotatable bonds is 4. The molecule has 0 amide bonds. The summed E-state index contributed by atoms with van der Waals surface area (Å²) in [5.74, 6) is 0. The highest BCUT2D eigenvalue weighted by atomic mass is 79.9. The monoisotopic (exact) mass is 321 g/mol. The average molecular weight is 322 g/mol. The quantitative estimate of drug-likeness (QED) is 0.530. The summed E-state index contributed by atoms with van der Waals surface area (Å²) < 4.78 is 0.766. The number of nitrogens with one attached hydrogen (secondary N) is 1. The lowest BCUT2D eigenvalue weighted by molar-refractivity contribution is -0.384. The van der Waals surface area contributed by atoms with E-state index < -0.39 is 4.92 Å². The van der Waals surface area contributed by atoms with Crippen LogP contribution in [0.15, 0.2) is 41.0 Å². The first kappa shape index (κ1) is 13.5. The number of pyridine rings is 1. The third-order valence-electron chi connectivity index (χ3n) is 2.66. The lowest BCUT2D eigenvalue weighted by atomic mass is 10.2. The molecule has 0 atom stereocenters. The molecule has 98 valence electrons. The summed E-state index contributed by atoms with van der Waals surface area (Å²) in [5, 5.41) is 13.9. The van der Waals surface area contributed by atoms with Gasteiger partial charge in [0.05, 0.1) is 17.2 Å². The largest absolute Gasteiger partial charge is 0.379 e. The Morgan fingerprint density at radius 3 is 2.84 bits per heavy atom. The van der Waals surface area contributed by atoms with E-state index in [0.29, 0.717) is 6.54 Å². The van der Waals surface area contributed by atoms with Gasteiger partial charge in [0.15, 0.2) is 0 Å². The molecule has 0 spiro atoms. The number of non-ortho nitro benzene ring substituents is 1. The fourth-order valence-corrected chi connectivity index (χ4v) is 2.03. The van der Waals surface area contributed by atoms with E-state index in [1.165, 1.54) is 12.1 Å². The van der Waals surface area contributed by atoms with E-state index >= 15 is 0 Å². The van der Waals surface area contributed by atoms with Gasteiger partial charge < -0.3 is 5.32 Å². The van der Waals surface area contributed by atoms with Crippen LogP contribution in [0.1, 0.15) is 11.3 Å². The number of hydrogen-bond acceptors (Lipinski definition) is 4. The molecule has 0 fully saturated rings. The van der Waals surface area contributed by atoms with Crippen molar-refractivity contribution in [3.63, 3.8) is 0 Å². The SMILES string of the molecule is Cc1ccc([N+](=O)[O-])cc1NCc1cccc(Br)n1. The number of nitro benzene ring substituents is 1. The number of nitro groups is 1. The molecule has 0 aliphatic heterocycles. The summed E-state index contributed by atoms with van der Waals surface area (Å²) in [5.41, 5.74) is 2.65. The summed E-state index contributed by atoms with van der Waals surface area (Å²) in [6, 6.07) is 10.4. The number of hydrogen-bond donors (Lipinski definition) is 1. The zero-order valence-electron chi connectivity index (χ0n) is 10.3. The van der Waals surface area contributed by atoms with Gasteiger partial charge in [0.25, 0.3) is 5.69 Å². The molecule has 0 unspecified atom stereocenters. The average Bonchev–Trinajstić information content (AvgIpc) is 2.37. The van der Waals surface area contributed by atoms with Gasteiger partial charge >= 0.3 is 0 Å². The number of benzene rings is 1. The summed E-state index contributed by atoms with van der Waals surface area (Å²) in [6.45, 7) is 2.42. The van der Waals surface area contributed by atoms with Gasteiger partial charge in [0.2, 0.25) is 0 Å².